The first-order chi connectivity index (χ1) is 30.3. The molecule has 1 aliphatic carbocycles. The van der Waals surface area contributed by atoms with Crippen LogP contribution in [0.2, 0.25) is 0 Å². The van der Waals surface area contributed by atoms with Crippen LogP contribution in [0.1, 0.15) is 132 Å². The fraction of sp³-hybridized carbons (Fsp3) is 0.765. The first-order valence-corrected chi connectivity index (χ1v) is 24.1. The first kappa shape index (κ1) is 53.6. The molecule has 13 heteroatoms. The molecule has 3 aliphatic heterocycles. The molecular weight excluding hydrogens is 819 g/mol. The third-order valence-corrected chi connectivity index (χ3v) is 14.7. The molecule has 0 aromatic rings. The van der Waals surface area contributed by atoms with Crippen LogP contribution < -0.4 is 0 Å². The molecule has 5 N–H and O–H groups in total. The van der Waals surface area contributed by atoms with Crippen LogP contribution in [0.15, 0.2) is 47.6 Å². The molecule has 3 fully saturated rings. The van der Waals surface area contributed by atoms with E-state index in [1.807, 2.05) is 71.1 Å². The molecular formula is C51H81NO12. The zero-order valence-corrected chi connectivity index (χ0v) is 39.9. The molecule has 0 aromatic heterocycles. The van der Waals surface area contributed by atoms with Crippen LogP contribution in [-0.4, -0.2) is 123 Å². The number of aliphatic hydroxyl groups is 5. The summed E-state index contributed by atoms with van der Waals surface area (Å²) in [6.45, 7) is 12.8. The number of piperidine rings is 1. The Balaban J connectivity index is 1.67. The van der Waals surface area contributed by atoms with Crippen LogP contribution in [0.25, 0.3) is 0 Å². The number of hydrogen-bond acceptors (Lipinski definition) is 12. The van der Waals surface area contributed by atoms with Crippen molar-refractivity contribution in [3.8, 4) is 0 Å². The summed E-state index contributed by atoms with van der Waals surface area (Å²) in [4.78, 5) is 57.6. The predicted molar refractivity (Wildman–Crippen MR) is 244 cm³/mol. The second-order valence-electron chi connectivity index (χ2n) is 20.0. The number of hydrogen-bond donors (Lipinski definition) is 5. The van der Waals surface area contributed by atoms with Gasteiger partial charge >= 0.3 is 5.97 Å². The van der Waals surface area contributed by atoms with Gasteiger partial charge in [0.25, 0.3) is 11.7 Å². The van der Waals surface area contributed by atoms with Gasteiger partial charge in [0.15, 0.2) is 0 Å². The van der Waals surface area contributed by atoms with Crippen molar-refractivity contribution in [2.24, 2.45) is 47.3 Å². The van der Waals surface area contributed by atoms with E-state index in [4.69, 9.17) is 14.2 Å². The molecule has 2 bridgehead atoms. The normalized spacial score (nSPS) is 39.5. The number of fused-ring (bicyclic) bond motifs is 3. The van der Waals surface area contributed by atoms with Crippen LogP contribution in [-0.2, 0) is 33.4 Å². The van der Waals surface area contributed by atoms with Gasteiger partial charge in [-0.3, -0.25) is 14.4 Å². The van der Waals surface area contributed by atoms with Crippen LogP contribution >= 0.6 is 0 Å². The SMILES string of the molecule is CO[C@H]1C[C@@H]2CC[C@@H](C)[C@@](O)(O2)C(=O)C(=O)N2CCCC[C@H]2C(=O)O[C@H]([C@H](C)C[C@@H]2CC[C@@H](O)[C@H](CO)C2)CC[C@H](C)/C=C(\C)[C@@H](O)[C@@H](CO)C(=O)[C@H](C)C[C@H](C)/C=C/C=CC=C1C. The van der Waals surface area contributed by atoms with E-state index in [2.05, 4.69) is 0 Å². The molecule has 0 spiro atoms. The molecule has 13 nitrogen and oxygen atoms in total. The van der Waals surface area contributed by atoms with Crippen molar-refractivity contribution < 1.29 is 58.9 Å². The highest BCUT2D eigenvalue weighted by Crippen LogP contribution is 2.38. The number of nitrogens with zero attached hydrogens (tertiary/aromatic N) is 1. The van der Waals surface area contributed by atoms with Gasteiger partial charge in [0.1, 0.15) is 17.9 Å². The highest BCUT2D eigenvalue weighted by Gasteiger charge is 2.53. The van der Waals surface area contributed by atoms with Crippen molar-refractivity contribution in [3.63, 3.8) is 0 Å². The molecule has 2 saturated heterocycles. The van der Waals surface area contributed by atoms with Gasteiger partial charge in [-0.2, -0.15) is 0 Å². The van der Waals surface area contributed by atoms with Gasteiger partial charge in [0.2, 0.25) is 5.79 Å². The van der Waals surface area contributed by atoms with Gasteiger partial charge in [-0.25, -0.2) is 4.79 Å². The molecule has 0 unspecified atom stereocenters. The van der Waals surface area contributed by atoms with Crippen LogP contribution in [0, 0.1) is 47.3 Å². The Morgan fingerprint density at radius 1 is 0.844 bits per heavy atom. The number of allylic oxidation sites excluding steroid dienone is 6. The number of Topliss-reactive ketones (excluding diaryl/α,β-unsaturated/α-hetero) is 2. The van der Waals surface area contributed by atoms with E-state index in [9.17, 15) is 44.7 Å². The standard InChI is InChI=1S/C51H81NO12/c1-31-14-10-9-11-15-33(3)45(62-8)28-40-20-18-37(7)51(61,64-40)48(58)49(59)52-23-13-12-16-42(52)50(60)63-44(34(4)26-38-19-21-43(55)39(27-38)29-53)22-17-32(2)25-36(6)47(57)41(30-54)46(56)35(5)24-31/h9-11,14-15,25,31-32,34-35,37-45,47,53-55,57,61H,12-13,16-24,26-30H2,1-8H3/b11-9?,14-10+,33-15?,36-25+/t31-,32+,34-,35-,37-,38+,39+,40+,41+,42+,43-,44+,45+,47-,51-/m1/s1. The van der Waals surface area contributed by atoms with Gasteiger partial charge in [-0.1, -0.05) is 71.1 Å². The first-order valence-electron chi connectivity index (χ1n) is 24.1. The minimum absolute atomic E-state index is 0.0368. The lowest BCUT2D eigenvalue weighted by atomic mass is 9.75. The molecule has 15 atom stereocenters. The lowest BCUT2D eigenvalue weighted by Gasteiger charge is -2.42. The molecule has 4 rings (SSSR count). The van der Waals surface area contributed by atoms with E-state index in [1.165, 1.54) is 4.90 Å². The molecule has 1 saturated carbocycles. The van der Waals surface area contributed by atoms with E-state index >= 15 is 0 Å². The Labute approximate surface area is 382 Å². The minimum atomic E-state index is -2.39. The summed E-state index contributed by atoms with van der Waals surface area (Å²) in [5.74, 6) is -7.61. The summed E-state index contributed by atoms with van der Waals surface area (Å²) in [5.41, 5.74) is 1.45. The second-order valence-corrected chi connectivity index (χ2v) is 20.0. The number of ketones is 2. The van der Waals surface area contributed by atoms with E-state index in [-0.39, 0.29) is 48.5 Å². The topological polar surface area (TPSA) is 200 Å². The fourth-order valence-electron chi connectivity index (χ4n) is 10.5. The van der Waals surface area contributed by atoms with Gasteiger partial charge < -0.3 is 44.6 Å². The number of amides is 1. The van der Waals surface area contributed by atoms with Crippen molar-refractivity contribution >= 4 is 23.4 Å². The average molecular weight is 900 g/mol. The fourth-order valence-corrected chi connectivity index (χ4v) is 10.5. The molecule has 0 aromatic carbocycles. The van der Waals surface area contributed by atoms with Crippen LogP contribution in [0.4, 0.5) is 0 Å². The lowest BCUT2D eigenvalue weighted by molar-refractivity contribution is -0.265. The number of ether oxygens (including phenoxy) is 3. The number of carbonyl (C=O) groups excluding carboxylic acids is 4. The van der Waals surface area contributed by atoms with Crippen molar-refractivity contribution in [2.75, 3.05) is 26.9 Å². The zero-order chi connectivity index (χ0) is 47.3. The minimum Gasteiger partial charge on any atom is -0.461 e. The van der Waals surface area contributed by atoms with E-state index in [0.717, 1.165) is 12.0 Å². The summed E-state index contributed by atoms with van der Waals surface area (Å²) in [6, 6.07) is -1.04. The largest absolute Gasteiger partial charge is 0.461 e. The predicted octanol–water partition coefficient (Wildman–Crippen LogP) is 6.19. The molecule has 3 heterocycles. The Morgan fingerprint density at radius 3 is 2.27 bits per heavy atom. The molecule has 362 valence electrons. The third-order valence-electron chi connectivity index (χ3n) is 14.7. The van der Waals surface area contributed by atoms with Crippen molar-refractivity contribution in [1.82, 2.24) is 4.90 Å². The number of methoxy groups -OCH3 is 1. The number of cyclic esters (lactones) is 1. The molecule has 64 heavy (non-hydrogen) atoms. The summed E-state index contributed by atoms with van der Waals surface area (Å²) < 4.78 is 18.4. The molecule has 4 aliphatic rings. The highest BCUT2D eigenvalue weighted by atomic mass is 16.6. The maximum absolute atomic E-state index is 14.3. The van der Waals surface area contributed by atoms with Crippen molar-refractivity contribution in [2.45, 2.75) is 174 Å². The number of rotatable bonds is 6. The van der Waals surface area contributed by atoms with Crippen LogP contribution in [0.3, 0.4) is 0 Å². The Hall–Kier alpha value is -3.04. The summed E-state index contributed by atoms with van der Waals surface area (Å²) in [7, 11) is 1.58. The van der Waals surface area contributed by atoms with E-state index in [1.54, 1.807) is 21.0 Å². The smallest absolute Gasteiger partial charge is 0.329 e. The summed E-state index contributed by atoms with van der Waals surface area (Å²) >= 11 is 0. The number of aliphatic hydroxyl groups excluding tert-OH is 4. The van der Waals surface area contributed by atoms with Gasteiger partial charge in [-0.15, -0.1) is 0 Å². The third kappa shape index (κ3) is 14.2. The Kier molecular flexibility index (Phi) is 21.1. The van der Waals surface area contributed by atoms with Crippen molar-refractivity contribution in [1.29, 1.82) is 0 Å². The van der Waals surface area contributed by atoms with Gasteiger partial charge in [0, 0.05) is 44.4 Å². The monoisotopic (exact) mass is 900 g/mol. The quantitative estimate of drug-likeness (QED) is 0.115. The second kappa shape index (κ2) is 25.2. The Morgan fingerprint density at radius 2 is 1.58 bits per heavy atom. The van der Waals surface area contributed by atoms with E-state index in [0.29, 0.717) is 82.6 Å². The van der Waals surface area contributed by atoms with Crippen molar-refractivity contribution in [3.05, 3.63) is 47.6 Å². The van der Waals surface area contributed by atoms with Crippen LogP contribution in [0.5, 0.6) is 0 Å². The van der Waals surface area contributed by atoms with Gasteiger partial charge in [0.05, 0.1) is 36.9 Å². The van der Waals surface area contributed by atoms with Gasteiger partial charge in [-0.05, 0) is 126 Å². The molecule has 1 amide bonds. The Bertz CT molecular complexity index is 1670. The zero-order valence-electron chi connectivity index (χ0n) is 39.9. The summed E-state index contributed by atoms with van der Waals surface area (Å²) in [5, 5.41) is 54.1. The average Bonchev–Trinajstić information content (AvgIpc) is 3.27. The van der Waals surface area contributed by atoms with E-state index < -0.39 is 84.4 Å². The number of carbonyl (C=O) groups is 4. The highest BCUT2D eigenvalue weighted by molar-refractivity contribution is 6.39. The maximum Gasteiger partial charge on any atom is 0.329 e. The molecule has 0 radical (unpaired) electrons. The summed E-state index contributed by atoms with van der Waals surface area (Å²) in [6.07, 6.45) is 15.2. The maximum atomic E-state index is 14.3. The lowest BCUT2D eigenvalue weighted by Crippen LogP contribution is -2.61. The number of esters is 1.